The Morgan fingerprint density at radius 2 is 1.82 bits per heavy atom. The zero-order valence-corrected chi connectivity index (χ0v) is 20.6. The molecule has 2 aliphatic heterocycles. The fourth-order valence-corrected chi connectivity index (χ4v) is 5.51. The van der Waals surface area contributed by atoms with Gasteiger partial charge in [-0.05, 0) is 66.7 Å². The number of aromatic nitrogens is 2. The van der Waals surface area contributed by atoms with Crippen LogP contribution in [0.2, 0.25) is 0 Å². The molecule has 0 amide bonds. The van der Waals surface area contributed by atoms with Crippen molar-refractivity contribution < 1.29 is 5.11 Å². The van der Waals surface area contributed by atoms with E-state index in [2.05, 4.69) is 74.7 Å². The number of anilines is 1. The number of benzene rings is 2. The molecule has 34 heavy (non-hydrogen) atoms. The molecule has 1 unspecified atom stereocenters. The zero-order chi connectivity index (χ0) is 23.5. The molecule has 9 heteroatoms. The minimum atomic E-state index is 0.146. The Morgan fingerprint density at radius 3 is 2.62 bits per heavy atom. The third-order valence-electron chi connectivity index (χ3n) is 5.59. The molecule has 1 aromatic heterocycles. The Bertz CT molecular complexity index is 1210. The fraction of sp³-hybridized carbons (Fsp3) is 0.200. The van der Waals surface area contributed by atoms with Crippen LogP contribution in [0.1, 0.15) is 16.8 Å². The predicted octanol–water partition coefficient (Wildman–Crippen LogP) is 4.77. The van der Waals surface area contributed by atoms with Crippen LogP contribution >= 0.6 is 23.7 Å². The molecule has 7 nitrogen and oxygen atoms in total. The lowest BCUT2D eigenvalue weighted by atomic mass is 10.1. The number of fused-ring (bicyclic) bond motifs is 1. The van der Waals surface area contributed by atoms with Crippen LogP contribution in [0.15, 0.2) is 77.3 Å². The molecule has 0 saturated carbocycles. The molecule has 1 atom stereocenters. The molecule has 3 N–H and O–H groups in total. The van der Waals surface area contributed by atoms with Gasteiger partial charge >= 0.3 is 0 Å². The highest BCUT2D eigenvalue weighted by molar-refractivity contribution is 8.02. The van der Waals surface area contributed by atoms with Gasteiger partial charge in [-0.15, -0.1) is 0 Å². The van der Waals surface area contributed by atoms with Gasteiger partial charge in [0.1, 0.15) is 5.75 Å². The van der Waals surface area contributed by atoms with Gasteiger partial charge in [0.25, 0.3) is 0 Å². The molecular weight excluding hydrogens is 464 g/mol. The molecule has 0 spiro atoms. The number of thioether (sulfide) groups is 1. The van der Waals surface area contributed by atoms with E-state index in [1.165, 1.54) is 10.5 Å². The first-order valence-corrected chi connectivity index (χ1v) is 12.8. The summed E-state index contributed by atoms with van der Waals surface area (Å²) < 4.78 is 3.37. The predicted molar refractivity (Wildman–Crippen MR) is 141 cm³/mol. The van der Waals surface area contributed by atoms with Gasteiger partial charge in [-0.3, -0.25) is 4.72 Å². The molecule has 174 valence electrons. The molecule has 0 aliphatic carbocycles. The highest BCUT2D eigenvalue weighted by Crippen LogP contribution is 2.46. The van der Waals surface area contributed by atoms with Crippen molar-refractivity contribution in [2.75, 3.05) is 25.5 Å². The van der Waals surface area contributed by atoms with Crippen LogP contribution in [0.4, 0.5) is 5.95 Å². The number of aromatic hydroxyl groups is 1. The summed E-state index contributed by atoms with van der Waals surface area (Å²) in [6, 6.07) is 17.7. The molecule has 0 bridgehead atoms. The molecule has 0 fully saturated rings. The number of aryl methyl sites for hydroxylation is 1. The van der Waals surface area contributed by atoms with Crippen LogP contribution in [-0.4, -0.2) is 50.5 Å². The second-order valence-electron chi connectivity index (χ2n) is 8.01. The second-order valence-corrected chi connectivity index (χ2v) is 9.94. The lowest BCUT2D eigenvalue weighted by Crippen LogP contribution is -2.29. The smallest absolute Gasteiger partial charge is 0.223 e. The maximum absolute atomic E-state index is 9.75. The summed E-state index contributed by atoms with van der Waals surface area (Å²) in [6.07, 6.45) is 3.89. The average molecular weight is 491 g/mol. The van der Waals surface area contributed by atoms with Gasteiger partial charge in [0.05, 0.1) is 17.1 Å². The number of nitrogens with zero attached hydrogens (tertiary/aromatic N) is 4. The summed E-state index contributed by atoms with van der Waals surface area (Å²) in [6.45, 7) is 3.56. The van der Waals surface area contributed by atoms with Gasteiger partial charge < -0.3 is 20.2 Å². The van der Waals surface area contributed by atoms with E-state index in [1.807, 2.05) is 18.2 Å². The zero-order valence-electron chi connectivity index (χ0n) is 19.0. The number of rotatable bonds is 8. The van der Waals surface area contributed by atoms with E-state index in [9.17, 15) is 5.11 Å². The Balaban J connectivity index is 1.31. The summed E-state index contributed by atoms with van der Waals surface area (Å²) in [5.41, 5.74) is 5.39. The van der Waals surface area contributed by atoms with Crippen molar-refractivity contribution in [1.82, 2.24) is 24.5 Å². The van der Waals surface area contributed by atoms with E-state index in [0.717, 1.165) is 29.2 Å². The summed E-state index contributed by atoms with van der Waals surface area (Å²) in [7, 11) is 2.09. The molecule has 0 saturated heterocycles. The topological polar surface area (TPSA) is 76.6 Å². The van der Waals surface area contributed by atoms with Gasteiger partial charge in [-0.1, -0.05) is 29.5 Å². The van der Waals surface area contributed by atoms with Gasteiger partial charge in [0.15, 0.2) is 5.50 Å². The van der Waals surface area contributed by atoms with Crippen molar-refractivity contribution in [2.45, 2.75) is 17.3 Å². The number of hydrogen-bond acceptors (Lipinski definition) is 9. The van der Waals surface area contributed by atoms with Crippen molar-refractivity contribution in [1.29, 1.82) is 0 Å². The van der Waals surface area contributed by atoms with Crippen LogP contribution in [0, 0.1) is 6.92 Å². The normalized spacial score (nSPS) is 16.9. The summed E-state index contributed by atoms with van der Waals surface area (Å²) in [5.74, 6) is 0.850. The number of phenols is 1. The standard InChI is InChI=1S/C25H26N6OS2/c1-17-3-9-20(10-4-17)34-28-14-13-27-24-26-12-11-21(29-24)23-22(18-5-7-19(32)8-6-18)30(2)25-31(23)15-16-33-25/h3-12,15-16,25,28,32H,13-14H2,1-2H3,(H,26,27,29). The van der Waals surface area contributed by atoms with Gasteiger partial charge in [0, 0.05) is 43.0 Å². The van der Waals surface area contributed by atoms with Crippen LogP contribution in [0.5, 0.6) is 5.75 Å². The number of phenolic OH excluding ortho intramolecular Hbond substituents is 1. The fourth-order valence-electron chi connectivity index (χ4n) is 3.93. The van der Waals surface area contributed by atoms with Crippen molar-refractivity contribution in [3.8, 4) is 5.75 Å². The lowest BCUT2D eigenvalue weighted by molar-refractivity contribution is 0.346. The minimum Gasteiger partial charge on any atom is -0.508 e. The second kappa shape index (κ2) is 10.0. The maximum Gasteiger partial charge on any atom is 0.223 e. The van der Waals surface area contributed by atoms with Crippen molar-refractivity contribution >= 4 is 41.1 Å². The van der Waals surface area contributed by atoms with Crippen LogP contribution < -0.4 is 10.0 Å². The molecule has 2 aliphatic rings. The Kier molecular flexibility index (Phi) is 6.66. The van der Waals surface area contributed by atoms with Crippen LogP contribution in [0.3, 0.4) is 0 Å². The quantitative estimate of drug-likeness (QED) is 0.306. The molecule has 2 aromatic carbocycles. The molecule has 3 aromatic rings. The molecular formula is C25H26N6OS2. The highest BCUT2D eigenvalue weighted by atomic mass is 32.2. The Morgan fingerprint density at radius 1 is 1.03 bits per heavy atom. The lowest BCUT2D eigenvalue weighted by Gasteiger charge is -2.24. The number of nitrogens with one attached hydrogen (secondary N) is 2. The van der Waals surface area contributed by atoms with E-state index in [-0.39, 0.29) is 11.2 Å². The highest BCUT2D eigenvalue weighted by Gasteiger charge is 2.39. The van der Waals surface area contributed by atoms with Crippen molar-refractivity contribution in [2.24, 2.45) is 0 Å². The SMILES string of the molecule is Cc1ccc(SNCCNc2nccc(C3=C(c4ccc(O)cc4)N(C)C4SC=CN34)n2)cc1. The van der Waals surface area contributed by atoms with Gasteiger partial charge in [-0.2, -0.15) is 0 Å². The minimum absolute atomic E-state index is 0.146. The van der Waals surface area contributed by atoms with Crippen LogP contribution in [0.25, 0.3) is 11.4 Å². The summed E-state index contributed by atoms with van der Waals surface area (Å²) >= 11 is 3.37. The third kappa shape index (κ3) is 4.72. The van der Waals surface area contributed by atoms with Gasteiger partial charge in [0.2, 0.25) is 5.95 Å². The van der Waals surface area contributed by atoms with E-state index in [4.69, 9.17) is 4.98 Å². The summed E-state index contributed by atoms with van der Waals surface area (Å²) in [5, 5.41) is 15.2. The number of hydrogen-bond donors (Lipinski definition) is 3. The largest absolute Gasteiger partial charge is 0.508 e. The first-order chi connectivity index (χ1) is 16.6. The van der Waals surface area contributed by atoms with Crippen LogP contribution in [-0.2, 0) is 0 Å². The Hall–Kier alpha value is -3.14. The van der Waals surface area contributed by atoms with E-state index < -0.39 is 0 Å². The molecule has 0 radical (unpaired) electrons. The third-order valence-corrected chi connectivity index (χ3v) is 7.51. The van der Waals surface area contributed by atoms with Gasteiger partial charge in [-0.25, -0.2) is 9.97 Å². The average Bonchev–Trinajstić information content (AvgIpc) is 3.43. The first-order valence-electron chi connectivity index (χ1n) is 11.0. The Labute approximate surface area is 208 Å². The van der Waals surface area contributed by atoms with E-state index in [0.29, 0.717) is 12.5 Å². The molecule has 3 heterocycles. The monoisotopic (exact) mass is 490 g/mol. The maximum atomic E-state index is 9.75. The molecule has 5 rings (SSSR count). The summed E-state index contributed by atoms with van der Waals surface area (Å²) in [4.78, 5) is 14.9. The van der Waals surface area contributed by atoms with Crippen molar-refractivity contribution in [3.63, 3.8) is 0 Å². The van der Waals surface area contributed by atoms with Crippen molar-refractivity contribution in [3.05, 3.63) is 89.2 Å². The first kappa shape index (κ1) is 22.6. The van der Waals surface area contributed by atoms with E-state index >= 15 is 0 Å². The van der Waals surface area contributed by atoms with E-state index in [1.54, 1.807) is 42.0 Å².